The van der Waals surface area contributed by atoms with Crippen LogP contribution in [-0.2, 0) is 10.0 Å². The number of rotatable bonds is 5. The first-order valence-electron chi connectivity index (χ1n) is 5.59. The lowest BCUT2D eigenvalue weighted by atomic mass is 9.93. The summed E-state index contributed by atoms with van der Waals surface area (Å²) in [6, 6.07) is 1.21. The van der Waals surface area contributed by atoms with E-state index >= 15 is 0 Å². The molecule has 0 saturated heterocycles. The lowest BCUT2D eigenvalue weighted by molar-refractivity contribution is 0.0190. The largest absolute Gasteiger partial charge is 0.389 e. The van der Waals surface area contributed by atoms with E-state index in [2.05, 4.69) is 9.71 Å². The third-order valence-corrected chi connectivity index (χ3v) is 5.00. The van der Waals surface area contributed by atoms with E-state index in [9.17, 15) is 13.5 Å². The Balaban J connectivity index is 2.90. The molecular formula is C11H16Cl2N2O3S. The highest BCUT2D eigenvalue weighted by Gasteiger charge is 2.27. The molecule has 0 spiro atoms. The summed E-state index contributed by atoms with van der Waals surface area (Å²) in [5.41, 5.74) is -1.14. The second-order valence-corrected chi connectivity index (χ2v) is 7.31. The molecule has 0 fully saturated rings. The molecule has 0 aliphatic heterocycles. The fourth-order valence-corrected chi connectivity index (χ4v) is 2.53. The Morgan fingerprint density at radius 2 is 2.05 bits per heavy atom. The molecule has 0 radical (unpaired) electrons. The normalized spacial score (nSPS) is 15.5. The maximum absolute atomic E-state index is 12.0. The third-order valence-electron chi connectivity index (χ3n) is 2.95. The van der Waals surface area contributed by atoms with E-state index in [0.29, 0.717) is 0 Å². The van der Waals surface area contributed by atoms with Crippen molar-refractivity contribution < 1.29 is 13.5 Å². The van der Waals surface area contributed by atoms with Gasteiger partial charge in [0.1, 0.15) is 10.0 Å². The van der Waals surface area contributed by atoms with Crippen LogP contribution in [0.4, 0.5) is 0 Å². The van der Waals surface area contributed by atoms with Crippen molar-refractivity contribution in [2.24, 2.45) is 5.92 Å². The second kappa shape index (κ2) is 5.93. The highest BCUT2D eigenvalue weighted by atomic mass is 35.5. The van der Waals surface area contributed by atoms with E-state index < -0.39 is 15.6 Å². The van der Waals surface area contributed by atoms with Crippen molar-refractivity contribution in [1.82, 2.24) is 9.71 Å². The molecular weight excluding hydrogens is 311 g/mol. The Hall–Kier alpha value is -0.400. The van der Waals surface area contributed by atoms with Crippen molar-refractivity contribution in [3.8, 4) is 0 Å². The summed E-state index contributed by atoms with van der Waals surface area (Å²) >= 11 is 11.3. The maximum atomic E-state index is 12.0. The predicted molar refractivity (Wildman–Crippen MR) is 74.9 cm³/mol. The van der Waals surface area contributed by atoms with Crippen molar-refractivity contribution in [1.29, 1.82) is 0 Å². The average molecular weight is 327 g/mol. The molecule has 1 rings (SSSR count). The fraction of sp³-hybridized carbons (Fsp3) is 0.545. The predicted octanol–water partition coefficient (Wildman–Crippen LogP) is 2.07. The molecule has 108 valence electrons. The number of nitrogens with one attached hydrogen (secondary N) is 1. The number of aromatic nitrogens is 1. The molecule has 0 aliphatic rings. The van der Waals surface area contributed by atoms with Gasteiger partial charge in [0, 0.05) is 12.7 Å². The summed E-state index contributed by atoms with van der Waals surface area (Å²) in [5, 5.41) is 10.1. The zero-order chi connectivity index (χ0) is 14.8. The van der Waals surface area contributed by atoms with Crippen LogP contribution in [0.5, 0.6) is 0 Å². The topological polar surface area (TPSA) is 79.3 Å². The van der Waals surface area contributed by atoms with E-state index in [1.807, 2.05) is 0 Å². The quantitative estimate of drug-likeness (QED) is 0.812. The molecule has 1 aromatic rings. The van der Waals surface area contributed by atoms with Gasteiger partial charge in [-0.05, 0) is 18.9 Å². The Morgan fingerprint density at radius 1 is 1.47 bits per heavy atom. The van der Waals surface area contributed by atoms with Gasteiger partial charge in [-0.15, -0.1) is 0 Å². The monoisotopic (exact) mass is 326 g/mol. The smallest absolute Gasteiger partial charge is 0.242 e. The van der Waals surface area contributed by atoms with Gasteiger partial charge in [0.25, 0.3) is 0 Å². The number of hydrogen-bond acceptors (Lipinski definition) is 4. The van der Waals surface area contributed by atoms with Crippen molar-refractivity contribution in [2.75, 3.05) is 6.54 Å². The molecule has 0 bridgehead atoms. The summed E-state index contributed by atoms with van der Waals surface area (Å²) < 4.78 is 26.3. The van der Waals surface area contributed by atoms with Crippen LogP contribution in [0.2, 0.25) is 10.2 Å². The van der Waals surface area contributed by atoms with Gasteiger partial charge in [0.15, 0.2) is 0 Å². The van der Waals surface area contributed by atoms with Crippen LogP contribution in [-0.4, -0.2) is 30.7 Å². The average Bonchev–Trinajstić information content (AvgIpc) is 2.30. The molecule has 0 amide bonds. The number of nitrogens with zero attached hydrogens (tertiary/aromatic N) is 1. The van der Waals surface area contributed by atoms with Crippen LogP contribution in [0, 0.1) is 5.92 Å². The highest BCUT2D eigenvalue weighted by Crippen LogP contribution is 2.22. The zero-order valence-corrected chi connectivity index (χ0v) is 13.1. The van der Waals surface area contributed by atoms with E-state index in [1.54, 1.807) is 20.8 Å². The first-order valence-corrected chi connectivity index (χ1v) is 7.83. The maximum Gasteiger partial charge on any atom is 0.242 e. The third kappa shape index (κ3) is 4.29. The molecule has 8 heteroatoms. The minimum absolute atomic E-state index is 0.0368. The zero-order valence-electron chi connectivity index (χ0n) is 10.8. The van der Waals surface area contributed by atoms with Crippen LogP contribution in [0.3, 0.4) is 0 Å². The van der Waals surface area contributed by atoms with Crippen molar-refractivity contribution >= 4 is 33.2 Å². The number of halogens is 2. The van der Waals surface area contributed by atoms with Gasteiger partial charge in [-0.3, -0.25) is 0 Å². The van der Waals surface area contributed by atoms with E-state index in [0.717, 1.165) is 6.20 Å². The van der Waals surface area contributed by atoms with Gasteiger partial charge in [0.05, 0.1) is 10.6 Å². The van der Waals surface area contributed by atoms with Crippen LogP contribution >= 0.6 is 23.2 Å². The number of sulfonamides is 1. The van der Waals surface area contributed by atoms with Crippen LogP contribution in [0.1, 0.15) is 20.8 Å². The molecule has 1 heterocycles. The standard InChI is InChI=1S/C11H16Cl2N2O3S/c1-7(2)11(3,16)6-15-19(17,18)8-4-9(12)10(13)14-5-8/h4-5,7,15-16H,6H2,1-3H3. The lowest BCUT2D eigenvalue weighted by Gasteiger charge is -2.27. The van der Waals surface area contributed by atoms with Gasteiger partial charge in [-0.25, -0.2) is 18.1 Å². The number of hydrogen-bond donors (Lipinski definition) is 2. The Kier molecular flexibility index (Phi) is 5.20. The van der Waals surface area contributed by atoms with Crippen LogP contribution in [0.25, 0.3) is 0 Å². The van der Waals surface area contributed by atoms with E-state index in [-0.39, 0.29) is 27.5 Å². The second-order valence-electron chi connectivity index (χ2n) is 4.78. The SMILES string of the molecule is CC(C)C(C)(O)CNS(=O)(=O)c1cnc(Cl)c(Cl)c1. The summed E-state index contributed by atoms with van der Waals surface area (Å²) in [7, 11) is -3.78. The van der Waals surface area contributed by atoms with Crippen molar-refractivity contribution in [3.63, 3.8) is 0 Å². The minimum atomic E-state index is -3.78. The Bertz CT molecular complexity index is 559. The Labute approximate surface area is 123 Å². The lowest BCUT2D eigenvalue weighted by Crippen LogP contribution is -2.44. The van der Waals surface area contributed by atoms with Gasteiger partial charge >= 0.3 is 0 Å². The molecule has 2 N–H and O–H groups in total. The van der Waals surface area contributed by atoms with Crippen molar-refractivity contribution in [2.45, 2.75) is 31.3 Å². The van der Waals surface area contributed by atoms with E-state index in [4.69, 9.17) is 23.2 Å². The minimum Gasteiger partial charge on any atom is -0.389 e. The number of aliphatic hydroxyl groups is 1. The Morgan fingerprint density at radius 3 is 2.53 bits per heavy atom. The first kappa shape index (κ1) is 16.7. The molecule has 1 aromatic heterocycles. The summed E-state index contributed by atoms with van der Waals surface area (Å²) in [6.45, 7) is 5.06. The molecule has 0 saturated carbocycles. The van der Waals surface area contributed by atoms with Crippen LogP contribution < -0.4 is 4.72 Å². The molecule has 1 unspecified atom stereocenters. The van der Waals surface area contributed by atoms with Gasteiger partial charge in [-0.1, -0.05) is 37.0 Å². The van der Waals surface area contributed by atoms with Gasteiger partial charge in [0.2, 0.25) is 10.0 Å². The molecule has 19 heavy (non-hydrogen) atoms. The van der Waals surface area contributed by atoms with Crippen LogP contribution in [0.15, 0.2) is 17.2 Å². The summed E-state index contributed by atoms with van der Waals surface area (Å²) in [6.07, 6.45) is 1.11. The summed E-state index contributed by atoms with van der Waals surface area (Å²) in [5.74, 6) is -0.0952. The van der Waals surface area contributed by atoms with Crippen molar-refractivity contribution in [3.05, 3.63) is 22.4 Å². The summed E-state index contributed by atoms with van der Waals surface area (Å²) in [4.78, 5) is 3.58. The molecule has 1 atom stereocenters. The molecule has 0 aromatic carbocycles. The van der Waals surface area contributed by atoms with E-state index in [1.165, 1.54) is 6.07 Å². The highest BCUT2D eigenvalue weighted by molar-refractivity contribution is 7.89. The molecule has 0 aliphatic carbocycles. The first-order chi connectivity index (χ1) is 8.56. The van der Waals surface area contributed by atoms with Gasteiger partial charge in [-0.2, -0.15) is 0 Å². The number of pyridine rings is 1. The fourth-order valence-electron chi connectivity index (χ4n) is 1.08. The molecule has 5 nitrogen and oxygen atoms in total. The van der Waals surface area contributed by atoms with Gasteiger partial charge < -0.3 is 5.11 Å².